The Labute approximate surface area is 158 Å². The standard InChI is InChI=1S/C24H32N2/c1-25(2)13-7-11-21-17-23-15-19-9-5-6-10-20(19)16-24(23)18-22(21)12-8-14-26(3)4/h5-6,9-10,15-18H,7-8,11-14H2,1-4H3. The van der Waals surface area contributed by atoms with E-state index in [0.717, 1.165) is 25.9 Å². The van der Waals surface area contributed by atoms with Crippen molar-refractivity contribution in [2.45, 2.75) is 25.7 Å². The molecule has 0 heterocycles. The summed E-state index contributed by atoms with van der Waals surface area (Å²) in [5.41, 5.74) is 3.07. The number of hydrogen-bond donors (Lipinski definition) is 0. The second kappa shape index (κ2) is 8.66. The molecule has 0 amide bonds. The highest BCUT2D eigenvalue weighted by Gasteiger charge is 2.08. The largest absolute Gasteiger partial charge is 0.309 e. The third kappa shape index (κ3) is 4.84. The van der Waals surface area contributed by atoms with Gasteiger partial charge in [-0.1, -0.05) is 36.4 Å². The number of rotatable bonds is 8. The van der Waals surface area contributed by atoms with Gasteiger partial charge < -0.3 is 9.80 Å². The quantitative estimate of drug-likeness (QED) is 0.530. The smallest absolute Gasteiger partial charge is 0.00217 e. The molecule has 0 aromatic heterocycles. The molecule has 3 aromatic rings. The highest BCUT2D eigenvalue weighted by molar-refractivity contribution is 5.98. The van der Waals surface area contributed by atoms with Crippen LogP contribution < -0.4 is 0 Å². The molecule has 0 aliphatic rings. The van der Waals surface area contributed by atoms with Gasteiger partial charge in [0, 0.05) is 0 Å². The van der Waals surface area contributed by atoms with Gasteiger partial charge in [-0.15, -0.1) is 0 Å². The lowest BCUT2D eigenvalue weighted by atomic mass is 9.93. The number of nitrogens with zero attached hydrogens (tertiary/aromatic N) is 2. The van der Waals surface area contributed by atoms with E-state index in [4.69, 9.17) is 0 Å². The van der Waals surface area contributed by atoms with Gasteiger partial charge >= 0.3 is 0 Å². The van der Waals surface area contributed by atoms with Gasteiger partial charge in [0.2, 0.25) is 0 Å². The molecular weight excluding hydrogens is 316 g/mol. The van der Waals surface area contributed by atoms with Crippen molar-refractivity contribution < 1.29 is 0 Å². The lowest BCUT2D eigenvalue weighted by molar-refractivity contribution is 0.397. The zero-order valence-electron chi connectivity index (χ0n) is 16.8. The molecule has 0 fully saturated rings. The van der Waals surface area contributed by atoms with Gasteiger partial charge in [-0.2, -0.15) is 0 Å². The average Bonchev–Trinajstić information content (AvgIpc) is 2.59. The van der Waals surface area contributed by atoms with Gasteiger partial charge in [0.15, 0.2) is 0 Å². The van der Waals surface area contributed by atoms with Gasteiger partial charge in [0.25, 0.3) is 0 Å². The Morgan fingerprint density at radius 2 is 1.00 bits per heavy atom. The molecular formula is C24H32N2. The van der Waals surface area contributed by atoms with E-state index in [-0.39, 0.29) is 0 Å². The summed E-state index contributed by atoms with van der Waals surface area (Å²) in [5.74, 6) is 0. The van der Waals surface area contributed by atoms with Crippen LogP contribution >= 0.6 is 0 Å². The molecule has 26 heavy (non-hydrogen) atoms. The summed E-state index contributed by atoms with van der Waals surface area (Å²) in [6.07, 6.45) is 4.76. The summed E-state index contributed by atoms with van der Waals surface area (Å²) in [4.78, 5) is 4.56. The predicted molar refractivity (Wildman–Crippen MR) is 115 cm³/mol. The topological polar surface area (TPSA) is 6.48 Å². The van der Waals surface area contributed by atoms with Crippen molar-refractivity contribution in [3.63, 3.8) is 0 Å². The molecule has 0 radical (unpaired) electrons. The fraction of sp³-hybridized carbons (Fsp3) is 0.417. The van der Waals surface area contributed by atoms with E-state index in [1.807, 2.05) is 0 Å². The first kappa shape index (κ1) is 18.9. The third-order valence-corrected chi connectivity index (χ3v) is 5.13. The molecule has 0 aliphatic heterocycles. The van der Waals surface area contributed by atoms with Crippen LogP contribution in [-0.4, -0.2) is 51.1 Å². The van der Waals surface area contributed by atoms with Crippen molar-refractivity contribution in [1.82, 2.24) is 9.80 Å². The van der Waals surface area contributed by atoms with Crippen LogP contribution in [-0.2, 0) is 12.8 Å². The summed E-state index contributed by atoms with van der Waals surface area (Å²) in [5, 5.41) is 5.42. The molecule has 2 nitrogen and oxygen atoms in total. The molecule has 0 aliphatic carbocycles. The van der Waals surface area contributed by atoms with Crippen LogP contribution in [0.2, 0.25) is 0 Å². The van der Waals surface area contributed by atoms with Crippen molar-refractivity contribution in [3.8, 4) is 0 Å². The van der Waals surface area contributed by atoms with E-state index in [1.165, 1.54) is 45.5 Å². The molecule has 2 heteroatoms. The maximum absolute atomic E-state index is 2.45. The first-order valence-corrected chi connectivity index (χ1v) is 9.77. The maximum Gasteiger partial charge on any atom is -0.00217 e. The van der Waals surface area contributed by atoms with E-state index in [0.29, 0.717) is 0 Å². The van der Waals surface area contributed by atoms with E-state index in [9.17, 15) is 0 Å². The number of benzene rings is 3. The minimum absolute atomic E-state index is 1.15. The van der Waals surface area contributed by atoms with Gasteiger partial charge in [-0.05, 0) is 112 Å². The summed E-state index contributed by atoms with van der Waals surface area (Å²) >= 11 is 0. The fourth-order valence-electron chi connectivity index (χ4n) is 3.72. The number of aryl methyl sites for hydroxylation is 2. The first-order chi connectivity index (χ1) is 12.5. The first-order valence-electron chi connectivity index (χ1n) is 9.77. The molecule has 0 N–H and O–H groups in total. The Morgan fingerprint density at radius 3 is 1.38 bits per heavy atom. The summed E-state index contributed by atoms with van der Waals surface area (Å²) in [6.45, 7) is 2.29. The zero-order chi connectivity index (χ0) is 18.5. The Bertz CT molecular complexity index is 793. The molecule has 0 spiro atoms. The molecule has 3 aromatic carbocycles. The second-order valence-electron chi connectivity index (χ2n) is 7.98. The Balaban J connectivity index is 1.94. The second-order valence-corrected chi connectivity index (χ2v) is 7.98. The van der Waals surface area contributed by atoms with Crippen molar-refractivity contribution in [3.05, 3.63) is 59.7 Å². The maximum atomic E-state index is 2.45. The summed E-state index contributed by atoms with van der Waals surface area (Å²) < 4.78 is 0. The van der Waals surface area contributed by atoms with E-state index < -0.39 is 0 Å². The summed E-state index contributed by atoms with van der Waals surface area (Å²) in [7, 11) is 8.63. The van der Waals surface area contributed by atoms with Crippen LogP contribution in [0.5, 0.6) is 0 Å². The van der Waals surface area contributed by atoms with Crippen LogP contribution in [0.1, 0.15) is 24.0 Å². The zero-order valence-corrected chi connectivity index (χ0v) is 16.8. The van der Waals surface area contributed by atoms with Gasteiger partial charge in [0.1, 0.15) is 0 Å². The average molecular weight is 349 g/mol. The van der Waals surface area contributed by atoms with Crippen LogP contribution in [0.3, 0.4) is 0 Å². The van der Waals surface area contributed by atoms with Crippen LogP contribution in [0, 0.1) is 0 Å². The fourth-order valence-corrected chi connectivity index (χ4v) is 3.72. The van der Waals surface area contributed by atoms with Crippen molar-refractivity contribution in [2.75, 3.05) is 41.3 Å². The van der Waals surface area contributed by atoms with Crippen LogP contribution in [0.4, 0.5) is 0 Å². The Morgan fingerprint density at radius 1 is 0.577 bits per heavy atom. The molecule has 3 rings (SSSR count). The number of hydrogen-bond acceptors (Lipinski definition) is 2. The van der Waals surface area contributed by atoms with Gasteiger partial charge in [-0.25, -0.2) is 0 Å². The van der Waals surface area contributed by atoms with Crippen LogP contribution in [0.25, 0.3) is 21.5 Å². The SMILES string of the molecule is CN(C)CCCc1cc2cc3ccccc3cc2cc1CCCN(C)C. The van der Waals surface area contributed by atoms with Crippen molar-refractivity contribution >= 4 is 21.5 Å². The van der Waals surface area contributed by atoms with Crippen LogP contribution in [0.15, 0.2) is 48.5 Å². The molecule has 0 saturated carbocycles. The lowest BCUT2D eigenvalue weighted by Crippen LogP contribution is -2.15. The highest BCUT2D eigenvalue weighted by Crippen LogP contribution is 2.27. The Hall–Kier alpha value is -1.90. The molecule has 0 saturated heterocycles. The lowest BCUT2D eigenvalue weighted by Gasteiger charge is -2.15. The highest BCUT2D eigenvalue weighted by atomic mass is 15.0. The Kier molecular flexibility index (Phi) is 6.29. The van der Waals surface area contributed by atoms with Crippen molar-refractivity contribution in [1.29, 1.82) is 0 Å². The minimum atomic E-state index is 1.15. The van der Waals surface area contributed by atoms with Gasteiger partial charge in [-0.3, -0.25) is 0 Å². The molecule has 0 unspecified atom stereocenters. The van der Waals surface area contributed by atoms with E-state index in [2.05, 4.69) is 86.5 Å². The predicted octanol–water partition coefficient (Wildman–Crippen LogP) is 4.98. The van der Waals surface area contributed by atoms with E-state index in [1.54, 1.807) is 0 Å². The minimum Gasteiger partial charge on any atom is -0.309 e. The monoisotopic (exact) mass is 348 g/mol. The molecule has 0 atom stereocenters. The van der Waals surface area contributed by atoms with Crippen molar-refractivity contribution in [2.24, 2.45) is 0 Å². The number of fused-ring (bicyclic) bond motifs is 2. The molecule has 0 bridgehead atoms. The van der Waals surface area contributed by atoms with E-state index >= 15 is 0 Å². The summed E-state index contributed by atoms with van der Waals surface area (Å²) in [6, 6.07) is 18.3. The molecule has 138 valence electrons. The normalized spacial score (nSPS) is 11.9. The van der Waals surface area contributed by atoms with Gasteiger partial charge in [0.05, 0.1) is 0 Å². The third-order valence-electron chi connectivity index (χ3n) is 5.13.